The monoisotopic (exact) mass is 745 g/mol. The first-order valence-corrected chi connectivity index (χ1v) is 18.6. The van der Waals surface area contributed by atoms with Crippen molar-refractivity contribution in [2.75, 3.05) is 19.4 Å². The topological polar surface area (TPSA) is 138 Å². The number of aliphatic hydroxyl groups is 1. The van der Waals surface area contributed by atoms with E-state index in [1.165, 1.54) is 5.56 Å². The lowest BCUT2D eigenvalue weighted by molar-refractivity contribution is -0.115. The molecule has 5 rings (SSSR count). The summed E-state index contributed by atoms with van der Waals surface area (Å²) >= 11 is 0. The predicted molar refractivity (Wildman–Crippen MR) is 225 cm³/mol. The average Bonchev–Trinajstić information content (AvgIpc) is 3.19. The highest BCUT2D eigenvalue weighted by atomic mass is 16.5. The second-order valence-electron chi connectivity index (χ2n) is 14.0. The Bertz CT molecular complexity index is 1810. The minimum atomic E-state index is -0.752. The van der Waals surface area contributed by atoms with Crippen LogP contribution in [-0.2, 0) is 24.4 Å². The summed E-state index contributed by atoms with van der Waals surface area (Å²) in [5.74, 6) is 0.625. The molecule has 0 aliphatic carbocycles. The van der Waals surface area contributed by atoms with Gasteiger partial charge in [0.05, 0.1) is 24.4 Å². The molecular weight excluding hydrogens is 687 g/mol. The molecule has 0 saturated carbocycles. The third-order valence-corrected chi connectivity index (χ3v) is 8.78. The molecule has 0 aromatic heterocycles. The maximum atomic E-state index is 14.0. The summed E-state index contributed by atoms with van der Waals surface area (Å²) in [5, 5.41) is 17.6. The molecule has 6 N–H and O–H groups in total. The van der Waals surface area contributed by atoms with Crippen molar-refractivity contribution in [3.05, 3.63) is 167 Å². The highest BCUT2D eigenvalue weighted by molar-refractivity contribution is 6.00. The normalized spacial score (nSPS) is 11.8. The number of benzene rings is 5. The zero-order chi connectivity index (χ0) is 40.2. The van der Waals surface area contributed by atoms with Gasteiger partial charge in [0, 0.05) is 31.4 Å². The van der Waals surface area contributed by atoms with E-state index in [2.05, 4.69) is 19.1 Å². The number of carbonyl (C=O) groups is 1. The lowest BCUT2D eigenvalue weighted by atomic mass is 10.0. The van der Waals surface area contributed by atoms with Gasteiger partial charge >= 0.3 is 6.03 Å². The van der Waals surface area contributed by atoms with Crippen LogP contribution in [0.5, 0.6) is 5.75 Å². The molecule has 0 fully saturated rings. The van der Waals surface area contributed by atoms with Crippen LogP contribution < -0.4 is 16.2 Å². The second kappa shape index (κ2) is 22.5. The summed E-state index contributed by atoms with van der Waals surface area (Å²) in [6.07, 6.45) is 0.306. The molecule has 55 heavy (non-hydrogen) atoms. The molecule has 2 amide bonds. The van der Waals surface area contributed by atoms with E-state index in [0.29, 0.717) is 37.4 Å². The van der Waals surface area contributed by atoms with Crippen molar-refractivity contribution in [3.63, 3.8) is 0 Å². The molecule has 0 bridgehead atoms. The van der Waals surface area contributed by atoms with E-state index in [1.807, 2.05) is 148 Å². The zero-order valence-electron chi connectivity index (χ0n) is 33.2. The van der Waals surface area contributed by atoms with Crippen LogP contribution in [0.25, 0.3) is 0 Å². The molecule has 0 aliphatic heterocycles. The highest BCUT2D eigenvalue weighted by Crippen LogP contribution is 2.24. The van der Waals surface area contributed by atoms with Crippen LogP contribution in [0.15, 0.2) is 140 Å². The van der Waals surface area contributed by atoms with E-state index in [9.17, 15) is 9.90 Å². The SMILES string of the molecule is CCC(C(C)OC(C)(C)CO)N(Cc1ccc(OCc2ccccc2)cc1)C(=O)N(C)Cc1ccc(N)c(C(=N)N)c1.Cc1ccccc1.c1ccccc1. The van der Waals surface area contributed by atoms with Crippen molar-refractivity contribution < 1.29 is 19.4 Å². The van der Waals surface area contributed by atoms with Crippen LogP contribution in [0, 0.1) is 12.3 Å². The molecule has 292 valence electrons. The fourth-order valence-electron chi connectivity index (χ4n) is 5.80. The Labute approximate surface area is 328 Å². The van der Waals surface area contributed by atoms with Gasteiger partial charge in [-0.05, 0) is 75.1 Å². The van der Waals surface area contributed by atoms with Gasteiger partial charge in [-0.25, -0.2) is 4.79 Å². The largest absolute Gasteiger partial charge is 0.489 e. The molecule has 2 unspecified atom stereocenters. The molecule has 0 saturated heterocycles. The van der Waals surface area contributed by atoms with Crippen molar-refractivity contribution in [1.82, 2.24) is 9.80 Å². The number of amidine groups is 1. The summed E-state index contributed by atoms with van der Waals surface area (Å²) in [6.45, 7) is 10.7. The first-order valence-electron chi connectivity index (χ1n) is 18.6. The lowest BCUT2D eigenvalue weighted by Gasteiger charge is -2.40. The number of amides is 2. The van der Waals surface area contributed by atoms with E-state index < -0.39 is 5.60 Å². The number of ether oxygens (including phenoxy) is 2. The molecule has 5 aromatic rings. The quantitative estimate of drug-likeness (QED) is 0.0509. The molecule has 2 atom stereocenters. The van der Waals surface area contributed by atoms with Crippen molar-refractivity contribution in [1.29, 1.82) is 5.41 Å². The Morgan fingerprint density at radius 1 is 0.800 bits per heavy atom. The first-order chi connectivity index (χ1) is 26.3. The van der Waals surface area contributed by atoms with Crippen LogP contribution in [0.2, 0.25) is 0 Å². The fraction of sp³-hybridized carbons (Fsp3) is 0.304. The summed E-state index contributed by atoms with van der Waals surface area (Å²) in [5.41, 5.74) is 15.9. The van der Waals surface area contributed by atoms with Crippen LogP contribution in [0.1, 0.15) is 61.9 Å². The Morgan fingerprint density at radius 3 is 1.82 bits per heavy atom. The molecule has 0 spiro atoms. The number of aryl methyl sites for hydroxylation is 1. The van der Waals surface area contributed by atoms with Crippen LogP contribution >= 0.6 is 0 Å². The van der Waals surface area contributed by atoms with Crippen LogP contribution in [0.4, 0.5) is 10.5 Å². The average molecular weight is 746 g/mol. The minimum absolute atomic E-state index is 0.121. The van der Waals surface area contributed by atoms with Crippen molar-refractivity contribution in [2.45, 2.75) is 78.5 Å². The van der Waals surface area contributed by atoms with Gasteiger partial charge in [0.1, 0.15) is 18.2 Å². The number of hydrogen-bond donors (Lipinski definition) is 4. The summed E-state index contributed by atoms with van der Waals surface area (Å²) < 4.78 is 12.2. The van der Waals surface area contributed by atoms with Gasteiger partial charge in [-0.3, -0.25) is 5.41 Å². The number of anilines is 1. The van der Waals surface area contributed by atoms with E-state index in [4.69, 9.17) is 26.4 Å². The fourth-order valence-corrected chi connectivity index (χ4v) is 5.80. The number of nitrogen functional groups attached to an aromatic ring is 2. The van der Waals surface area contributed by atoms with Crippen molar-refractivity contribution in [2.24, 2.45) is 5.73 Å². The van der Waals surface area contributed by atoms with E-state index >= 15 is 0 Å². The molecule has 0 aliphatic rings. The first kappa shape index (κ1) is 43.8. The van der Waals surface area contributed by atoms with Gasteiger partial charge in [-0.15, -0.1) is 0 Å². The molecule has 5 aromatic carbocycles. The highest BCUT2D eigenvalue weighted by Gasteiger charge is 2.33. The second-order valence-corrected chi connectivity index (χ2v) is 14.0. The Morgan fingerprint density at radius 2 is 1.33 bits per heavy atom. The Kier molecular flexibility index (Phi) is 17.9. The van der Waals surface area contributed by atoms with Gasteiger partial charge < -0.3 is 35.8 Å². The molecule has 9 heteroatoms. The van der Waals surface area contributed by atoms with Gasteiger partial charge in [0.15, 0.2) is 0 Å². The minimum Gasteiger partial charge on any atom is -0.489 e. The van der Waals surface area contributed by atoms with Crippen LogP contribution in [0.3, 0.4) is 0 Å². The predicted octanol–water partition coefficient (Wildman–Crippen LogP) is 8.82. The molecule has 9 nitrogen and oxygen atoms in total. The number of aliphatic hydroxyl groups excluding tert-OH is 1. The third-order valence-electron chi connectivity index (χ3n) is 8.78. The third kappa shape index (κ3) is 15.3. The zero-order valence-corrected chi connectivity index (χ0v) is 33.2. The number of nitrogens with one attached hydrogen (secondary N) is 1. The standard InChI is InChI=1S/C33H45N5O4.C7H8.C6H6/c1-6-30(23(2)42-33(3,4)22-39)38(32(40)37(5)19-26-14-17-29(34)28(18-26)31(35)36)20-24-12-15-27(16-13-24)41-21-25-10-8-7-9-11-25;1-7-5-3-2-4-6-7;1-2-4-6-5-3-1/h7-18,23,30,39H,6,19-22,34H2,1-5H3,(H3,35,36);2-6H,1H3;1-6H. The number of nitrogens with zero attached hydrogens (tertiary/aromatic N) is 2. The Balaban J connectivity index is 0.000000521. The lowest BCUT2D eigenvalue weighted by Crippen LogP contribution is -2.52. The maximum absolute atomic E-state index is 14.0. The Hall–Kier alpha value is -5.64. The number of hydrogen-bond acceptors (Lipinski definition) is 6. The molecule has 0 heterocycles. The number of carbonyl (C=O) groups excluding carboxylic acids is 1. The number of rotatable bonds is 14. The van der Waals surface area contributed by atoms with E-state index in [0.717, 1.165) is 22.4 Å². The smallest absolute Gasteiger partial charge is 0.320 e. The maximum Gasteiger partial charge on any atom is 0.320 e. The summed E-state index contributed by atoms with van der Waals surface area (Å²) in [7, 11) is 1.75. The molecular formula is C46H59N5O4. The molecule has 0 radical (unpaired) electrons. The van der Waals surface area contributed by atoms with Gasteiger partial charge in [-0.2, -0.15) is 0 Å². The van der Waals surface area contributed by atoms with Gasteiger partial charge in [0.25, 0.3) is 0 Å². The number of urea groups is 1. The summed E-state index contributed by atoms with van der Waals surface area (Å²) in [4.78, 5) is 17.5. The summed E-state index contributed by atoms with van der Waals surface area (Å²) in [6, 6.07) is 44.8. The number of nitrogens with two attached hydrogens (primary N) is 2. The van der Waals surface area contributed by atoms with Crippen molar-refractivity contribution in [3.8, 4) is 5.75 Å². The van der Waals surface area contributed by atoms with E-state index in [-0.39, 0.29) is 30.6 Å². The van der Waals surface area contributed by atoms with E-state index in [1.54, 1.807) is 24.1 Å². The van der Waals surface area contributed by atoms with Crippen LogP contribution in [-0.4, -0.2) is 58.2 Å². The van der Waals surface area contributed by atoms with Gasteiger partial charge in [-0.1, -0.05) is 128 Å². The van der Waals surface area contributed by atoms with Crippen molar-refractivity contribution >= 4 is 17.6 Å². The van der Waals surface area contributed by atoms with Gasteiger partial charge in [0.2, 0.25) is 0 Å².